The number of rotatable bonds is 12. The van der Waals surface area contributed by atoms with E-state index in [1.165, 1.54) is 19.3 Å². The Morgan fingerprint density at radius 2 is 1.61 bits per heavy atom. The molecule has 2 unspecified atom stereocenters. The topological polar surface area (TPSA) is 120 Å². The van der Waals surface area contributed by atoms with Gasteiger partial charge < -0.3 is 19.9 Å². The van der Waals surface area contributed by atoms with Crippen LogP contribution in [-0.4, -0.2) is 52.3 Å². The molecule has 0 aromatic heterocycles. The van der Waals surface area contributed by atoms with Gasteiger partial charge in [0.25, 0.3) is 0 Å². The third-order valence-corrected chi connectivity index (χ3v) is 10.4. The van der Waals surface area contributed by atoms with E-state index >= 15 is 0 Å². The Bertz CT molecular complexity index is 1610. The molecular formula is C40H51N3O6. The van der Waals surface area contributed by atoms with E-state index in [4.69, 9.17) is 14.7 Å². The van der Waals surface area contributed by atoms with Gasteiger partial charge in [-0.15, -0.1) is 0 Å². The summed E-state index contributed by atoms with van der Waals surface area (Å²) in [5.74, 6) is -0.642. The fourth-order valence-electron chi connectivity index (χ4n) is 8.56. The number of amides is 2. The number of benzene rings is 3. The molecule has 2 bridgehead atoms. The minimum Gasteiger partial charge on any atom is -0.392 e. The van der Waals surface area contributed by atoms with Crippen LogP contribution in [0.25, 0.3) is 11.1 Å². The summed E-state index contributed by atoms with van der Waals surface area (Å²) >= 11 is 0. The van der Waals surface area contributed by atoms with Crippen molar-refractivity contribution in [3.05, 3.63) is 95.1 Å². The third-order valence-electron chi connectivity index (χ3n) is 10.4. The number of carbonyl (C=O) groups is 2. The Morgan fingerprint density at radius 1 is 0.878 bits per heavy atom. The Hall–Kier alpha value is -3.60. The third kappa shape index (κ3) is 8.96. The van der Waals surface area contributed by atoms with Crippen molar-refractivity contribution in [2.75, 3.05) is 13.1 Å². The van der Waals surface area contributed by atoms with E-state index < -0.39 is 12.2 Å². The van der Waals surface area contributed by atoms with Crippen LogP contribution >= 0.6 is 0 Å². The predicted molar refractivity (Wildman–Crippen MR) is 187 cm³/mol. The number of nitrogens with one attached hydrogen (secondary N) is 2. The molecule has 3 aliphatic rings. The van der Waals surface area contributed by atoms with E-state index in [9.17, 15) is 14.7 Å². The highest BCUT2D eigenvalue weighted by molar-refractivity contribution is 5.78. The van der Waals surface area contributed by atoms with Crippen LogP contribution in [-0.2, 0) is 32.2 Å². The summed E-state index contributed by atoms with van der Waals surface area (Å²) in [7, 11) is 0. The van der Waals surface area contributed by atoms with Crippen molar-refractivity contribution < 1.29 is 29.4 Å². The number of carbonyl (C=O) groups excluding carboxylic acids is 2. The van der Waals surface area contributed by atoms with Gasteiger partial charge in [-0.3, -0.25) is 19.7 Å². The molecule has 9 heteroatoms. The molecule has 2 amide bonds. The highest BCUT2D eigenvalue weighted by Gasteiger charge is 2.50. The summed E-state index contributed by atoms with van der Waals surface area (Å²) in [5, 5.41) is 21.2. The smallest absolute Gasteiger partial charge is 0.243 e. The number of ether oxygens (including phenoxy) is 2. The van der Waals surface area contributed by atoms with Crippen molar-refractivity contribution in [3.63, 3.8) is 0 Å². The highest BCUT2D eigenvalue weighted by Crippen LogP contribution is 2.53. The molecule has 9 nitrogen and oxygen atoms in total. The molecule has 1 aliphatic carbocycles. The first-order chi connectivity index (χ1) is 23.5. The predicted octanol–water partition coefficient (Wildman–Crippen LogP) is 6.58. The Morgan fingerprint density at radius 3 is 2.37 bits per heavy atom. The zero-order chi connectivity index (χ0) is 34.6. The lowest BCUT2D eigenvalue weighted by atomic mass is 9.65. The second-order valence-corrected chi connectivity index (χ2v) is 15.5. The first kappa shape index (κ1) is 35.2. The molecule has 5 atom stereocenters. The van der Waals surface area contributed by atoms with Gasteiger partial charge in [0, 0.05) is 50.5 Å². The van der Waals surface area contributed by atoms with Crippen molar-refractivity contribution in [2.24, 2.45) is 10.8 Å². The van der Waals surface area contributed by atoms with Gasteiger partial charge in [0.2, 0.25) is 11.8 Å². The molecule has 1 saturated carbocycles. The second kappa shape index (κ2) is 15.1. The summed E-state index contributed by atoms with van der Waals surface area (Å²) in [6, 6.07) is 25.0. The van der Waals surface area contributed by atoms with Gasteiger partial charge in [0.05, 0.1) is 18.8 Å². The molecule has 6 rings (SSSR count). The SMILES string of the molecule is CC1(C)CC2CC(C)(CN2C[C@H]2C[C@@H](c3ccc(CO)cc3)O[C@@H](c3cccc(-c4cccc(CNC(=O)CCCC(=O)NO)c4)c3)O2)C1. The molecular weight excluding hydrogens is 618 g/mol. The first-order valence-electron chi connectivity index (χ1n) is 17.6. The van der Waals surface area contributed by atoms with Gasteiger partial charge in [0.1, 0.15) is 0 Å². The van der Waals surface area contributed by atoms with Crippen LogP contribution < -0.4 is 10.8 Å². The van der Waals surface area contributed by atoms with Crippen molar-refractivity contribution in [2.45, 2.75) is 103 Å². The molecule has 2 saturated heterocycles. The van der Waals surface area contributed by atoms with Gasteiger partial charge in [-0.25, -0.2) is 5.48 Å². The summed E-state index contributed by atoms with van der Waals surface area (Å²) in [6.07, 6.45) is 4.49. The van der Waals surface area contributed by atoms with Crippen LogP contribution in [0.1, 0.15) is 100 Å². The Labute approximate surface area is 290 Å². The maximum Gasteiger partial charge on any atom is 0.243 e. The molecule has 0 spiro atoms. The standard InChI is InChI=1S/C40H51N3O6/c1-39(2)20-33-21-40(3,25-39)26-43(33)23-34-19-35(29-15-13-27(24-44)14-16-29)49-38(48-34)32-10-5-9-31(18-32)30-8-4-7-28(17-30)22-41-36(45)11-6-12-37(46)42-47/h4-5,7-10,13-18,33-35,38,44,47H,6,11-12,19-26H2,1-3H3,(H,41,45)(H,42,46)/t33?,34-,35+,38+,40?/m1/s1. The summed E-state index contributed by atoms with van der Waals surface area (Å²) in [4.78, 5) is 26.2. The van der Waals surface area contributed by atoms with Crippen molar-refractivity contribution in [1.82, 2.24) is 15.7 Å². The molecule has 2 heterocycles. The van der Waals surface area contributed by atoms with Crippen LogP contribution in [0.2, 0.25) is 0 Å². The average Bonchev–Trinajstić information content (AvgIpc) is 3.34. The fourth-order valence-corrected chi connectivity index (χ4v) is 8.56. The van der Waals surface area contributed by atoms with Crippen molar-refractivity contribution in [3.8, 4) is 11.1 Å². The lowest BCUT2D eigenvalue weighted by Crippen LogP contribution is -2.42. The van der Waals surface area contributed by atoms with E-state index in [0.29, 0.717) is 29.8 Å². The summed E-state index contributed by atoms with van der Waals surface area (Å²) in [6.45, 7) is 9.65. The molecule has 0 radical (unpaired) electrons. The minimum atomic E-state index is -0.536. The van der Waals surface area contributed by atoms with Gasteiger partial charge in [0.15, 0.2) is 6.29 Å². The minimum absolute atomic E-state index is 0.000878. The Balaban J connectivity index is 1.17. The van der Waals surface area contributed by atoms with Crippen LogP contribution in [0.4, 0.5) is 0 Å². The fraction of sp³-hybridized carbons (Fsp3) is 0.500. The number of fused-ring (bicyclic) bond motifs is 2. The van der Waals surface area contributed by atoms with Crippen LogP contribution in [0, 0.1) is 10.8 Å². The number of aliphatic hydroxyl groups excluding tert-OH is 1. The molecule has 49 heavy (non-hydrogen) atoms. The van der Waals surface area contributed by atoms with Crippen LogP contribution in [0.15, 0.2) is 72.8 Å². The summed E-state index contributed by atoms with van der Waals surface area (Å²) in [5.41, 5.74) is 8.24. The zero-order valence-electron chi connectivity index (χ0n) is 29.0. The Kier molecular flexibility index (Phi) is 10.9. The van der Waals surface area contributed by atoms with Gasteiger partial charge in [-0.2, -0.15) is 0 Å². The van der Waals surface area contributed by atoms with Crippen molar-refractivity contribution in [1.29, 1.82) is 0 Å². The molecule has 2 aliphatic heterocycles. The van der Waals surface area contributed by atoms with Gasteiger partial charge >= 0.3 is 0 Å². The summed E-state index contributed by atoms with van der Waals surface area (Å²) < 4.78 is 13.5. The zero-order valence-corrected chi connectivity index (χ0v) is 29.0. The lowest BCUT2D eigenvalue weighted by molar-refractivity contribution is -0.253. The molecule has 3 fully saturated rings. The number of aliphatic hydroxyl groups is 1. The number of nitrogens with zero attached hydrogens (tertiary/aromatic N) is 1. The highest BCUT2D eigenvalue weighted by atomic mass is 16.7. The van der Waals surface area contributed by atoms with Crippen LogP contribution in [0.5, 0.6) is 0 Å². The number of hydrogen-bond donors (Lipinski definition) is 4. The second-order valence-electron chi connectivity index (χ2n) is 15.5. The van der Waals surface area contributed by atoms with E-state index in [2.05, 4.69) is 73.5 Å². The van der Waals surface area contributed by atoms with E-state index in [-0.39, 0.29) is 37.6 Å². The largest absolute Gasteiger partial charge is 0.392 e. The maximum absolute atomic E-state index is 12.3. The molecule has 4 N–H and O–H groups in total. The molecule has 3 aromatic carbocycles. The van der Waals surface area contributed by atoms with E-state index in [1.807, 2.05) is 30.3 Å². The monoisotopic (exact) mass is 669 g/mol. The normalized spacial score (nSPS) is 26.3. The van der Waals surface area contributed by atoms with Crippen LogP contribution in [0.3, 0.4) is 0 Å². The average molecular weight is 670 g/mol. The van der Waals surface area contributed by atoms with Gasteiger partial charge in [-0.05, 0) is 76.5 Å². The maximum atomic E-state index is 12.3. The first-order valence-corrected chi connectivity index (χ1v) is 17.6. The number of hydrogen-bond acceptors (Lipinski definition) is 7. The number of likely N-dealkylation sites (tertiary alicyclic amines) is 1. The lowest BCUT2D eigenvalue weighted by Gasteiger charge is -2.41. The van der Waals surface area contributed by atoms with E-state index in [1.54, 1.807) is 5.48 Å². The molecule has 262 valence electrons. The quantitative estimate of drug-likeness (QED) is 0.127. The van der Waals surface area contributed by atoms with Crippen molar-refractivity contribution >= 4 is 11.8 Å². The number of hydroxylamine groups is 1. The van der Waals surface area contributed by atoms with E-state index in [0.717, 1.165) is 52.9 Å². The van der Waals surface area contributed by atoms with Gasteiger partial charge in [-0.1, -0.05) is 81.4 Å². The molecule has 3 aromatic rings.